The van der Waals surface area contributed by atoms with E-state index in [1.165, 1.54) is 37.3 Å². The molecule has 0 fully saturated rings. The minimum Gasteiger partial charge on any atom is -0.491 e. The van der Waals surface area contributed by atoms with Gasteiger partial charge < -0.3 is 25.4 Å². The summed E-state index contributed by atoms with van der Waals surface area (Å²) in [6, 6.07) is 5.65. The molecule has 0 heterocycles. The molecule has 0 unspecified atom stereocenters. The summed E-state index contributed by atoms with van der Waals surface area (Å²) in [4.78, 5) is -0.0613. The van der Waals surface area contributed by atoms with Crippen molar-refractivity contribution in [2.24, 2.45) is 5.73 Å². The number of hydrogen-bond donors (Lipinski definition) is 3. The number of aliphatic hydroxyl groups excluding tert-OH is 2. The Morgan fingerprint density at radius 1 is 1.20 bits per heavy atom. The van der Waals surface area contributed by atoms with Crippen molar-refractivity contribution < 1.29 is 28.1 Å². The standard InChI is InChI=1S/C19H24Cl3NO6S/c1-12(7-18(22)19(13(2)21)29-10-14(24)8-20)30(26,27)17-5-3-16(4-6-17)28-11-15(25)9-23/h3-7,14-15,24-25H,2,8-11,23H2,1H3/b12-7+,19-18-/t14-,15-/m0/s1. The lowest BCUT2D eigenvalue weighted by Gasteiger charge is -2.13. The second kappa shape index (κ2) is 12.6. The Balaban J connectivity index is 3.06. The predicted octanol–water partition coefficient (Wildman–Crippen LogP) is 2.88. The van der Waals surface area contributed by atoms with E-state index in [1.807, 2.05) is 0 Å². The van der Waals surface area contributed by atoms with Gasteiger partial charge in [0.2, 0.25) is 9.84 Å². The van der Waals surface area contributed by atoms with E-state index in [4.69, 9.17) is 50.0 Å². The number of sulfone groups is 1. The van der Waals surface area contributed by atoms with Crippen molar-refractivity contribution in [2.45, 2.75) is 24.0 Å². The van der Waals surface area contributed by atoms with Gasteiger partial charge in [-0.05, 0) is 37.3 Å². The highest BCUT2D eigenvalue weighted by molar-refractivity contribution is 7.95. The predicted molar refractivity (Wildman–Crippen MR) is 118 cm³/mol. The van der Waals surface area contributed by atoms with Gasteiger partial charge in [-0.15, -0.1) is 11.6 Å². The molecular formula is C19H24Cl3NO6S. The first-order valence-electron chi connectivity index (χ1n) is 8.68. The van der Waals surface area contributed by atoms with Crippen LogP contribution in [0.1, 0.15) is 6.92 Å². The van der Waals surface area contributed by atoms with Gasteiger partial charge in [0, 0.05) is 11.4 Å². The minimum absolute atomic E-state index is 0.00850. The first kappa shape index (κ1) is 26.8. The molecule has 0 aliphatic carbocycles. The van der Waals surface area contributed by atoms with Crippen LogP contribution in [0.3, 0.4) is 0 Å². The summed E-state index contributed by atoms with van der Waals surface area (Å²) in [6.07, 6.45) is -0.594. The maximum absolute atomic E-state index is 12.8. The fourth-order valence-corrected chi connectivity index (χ4v) is 3.81. The zero-order valence-electron chi connectivity index (χ0n) is 16.2. The van der Waals surface area contributed by atoms with Crippen molar-refractivity contribution in [3.63, 3.8) is 0 Å². The maximum atomic E-state index is 12.8. The van der Waals surface area contributed by atoms with Crippen LogP contribution in [0.4, 0.5) is 0 Å². The Bertz CT molecular complexity index is 884. The lowest BCUT2D eigenvalue weighted by molar-refractivity contribution is 0.0896. The number of alkyl halides is 1. The van der Waals surface area contributed by atoms with Crippen LogP contribution in [-0.4, -0.2) is 56.5 Å². The zero-order chi connectivity index (χ0) is 22.9. The van der Waals surface area contributed by atoms with Crippen molar-refractivity contribution in [3.05, 3.63) is 57.6 Å². The van der Waals surface area contributed by atoms with Gasteiger partial charge in [0.05, 0.1) is 20.8 Å². The van der Waals surface area contributed by atoms with Crippen LogP contribution >= 0.6 is 34.8 Å². The molecule has 1 rings (SSSR count). The summed E-state index contributed by atoms with van der Waals surface area (Å²) >= 11 is 17.5. The molecule has 0 spiro atoms. The van der Waals surface area contributed by atoms with Gasteiger partial charge in [0.1, 0.15) is 31.2 Å². The molecular weight excluding hydrogens is 477 g/mol. The first-order valence-corrected chi connectivity index (χ1v) is 11.5. The van der Waals surface area contributed by atoms with Gasteiger partial charge in [0.25, 0.3) is 0 Å². The number of nitrogens with two attached hydrogens (primary N) is 1. The molecule has 0 aliphatic heterocycles. The largest absolute Gasteiger partial charge is 0.491 e. The first-order chi connectivity index (χ1) is 14.0. The summed E-state index contributed by atoms with van der Waals surface area (Å²) in [6.45, 7) is 4.73. The highest BCUT2D eigenvalue weighted by Gasteiger charge is 2.19. The summed E-state index contributed by atoms with van der Waals surface area (Å²) in [5.41, 5.74) is 5.30. The van der Waals surface area contributed by atoms with E-state index in [2.05, 4.69) is 6.58 Å². The fourth-order valence-electron chi connectivity index (χ4n) is 1.98. The Kier molecular flexibility index (Phi) is 11.2. The molecule has 30 heavy (non-hydrogen) atoms. The average Bonchev–Trinajstić information content (AvgIpc) is 2.71. The van der Waals surface area contributed by atoms with Crippen LogP contribution in [-0.2, 0) is 14.6 Å². The highest BCUT2D eigenvalue weighted by Crippen LogP contribution is 2.27. The zero-order valence-corrected chi connectivity index (χ0v) is 19.3. The lowest BCUT2D eigenvalue weighted by atomic mass is 10.3. The summed E-state index contributed by atoms with van der Waals surface area (Å²) < 4.78 is 36.2. The molecule has 0 saturated heterocycles. The van der Waals surface area contributed by atoms with Gasteiger partial charge in [-0.2, -0.15) is 0 Å². The van der Waals surface area contributed by atoms with Crippen molar-refractivity contribution >= 4 is 44.6 Å². The van der Waals surface area contributed by atoms with E-state index in [1.54, 1.807) is 0 Å². The van der Waals surface area contributed by atoms with Crippen molar-refractivity contribution in [2.75, 3.05) is 25.6 Å². The third kappa shape index (κ3) is 8.11. The van der Waals surface area contributed by atoms with E-state index in [-0.39, 0.29) is 51.3 Å². The van der Waals surface area contributed by atoms with E-state index in [0.717, 1.165) is 0 Å². The number of benzene rings is 1. The molecule has 2 atom stereocenters. The molecule has 0 aliphatic rings. The van der Waals surface area contributed by atoms with Crippen molar-refractivity contribution in [3.8, 4) is 5.75 Å². The van der Waals surface area contributed by atoms with Crippen molar-refractivity contribution in [1.29, 1.82) is 0 Å². The Hall–Kier alpha value is -1.26. The molecule has 168 valence electrons. The van der Waals surface area contributed by atoms with Gasteiger partial charge in [0.15, 0.2) is 5.76 Å². The summed E-state index contributed by atoms with van der Waals surface area (Å²) in [5.74, 6) is 0.251. The number of allylic oxidation sites excluding steroid dienone is 4. The molecule has 0 saturated carbocycles. The molecule has 0 amide bonds. The fraction of sp³-hybridized carbons (Fsp3) is 0.368. The molecule has 0 radical (unpaired) electrons. The summed E-state index contributed by atoms with van der Waals surface area (Å²) in [7, 11) is -3.86. The van der Waals surface area contributed by atoms with Gasteiger partial charge in [-0.25, -0.2) is 8.42 Å². The SMILES string of the molecule is C=C(Cl)/C(OC[C@@H](O)CCl)=C(Cl)\C=C(/C)S(=O)(=O)c1ccc(OC[C@@H](O)CN)cc1. The normalized spacial score (nSPS) is 15.2. The van der Waals surface area contributed by atoms with Gasteiger partial charge >= 0.3 is 0 Å². The van der Waals surface area contributed by atoms with Crippen molar-refractivity contribution in [1.82, 2.24) is 0 Å². The second-order valence-corrected chi connectivity index (χ2v) is 9.43. The monoisotopic (exact) mass is 499 g/mol. The molecule has 4 N–H and O–H groups in total. The van der Waals surface area contributed by atoms with Crippen LogP contribution in [0.5, 0.6) is 5.75 Å². The molecule has 11 heteroatoms. The number of hydrogen-bond acceptors (Lipinski definition) is 7. The smallest absolute Gasteiger partial charge is 0.202 e. The van der Waals surface area contributed by atoms with Crippen LogP contribution in [0, 0.1) is 0 Å². The van der Waals surface area contributed by atoms with Gasteiger partial charge in [-0.3, -0.25) is 0 Å². The molecule has 0 bridgehead atoms. The second-order valence-electron chi connectivity index (χ2n) is 6.13. The number of aliphatic hydroxyl groups is 2. The van der Waals surface area contributed by atoms with E-state index >= 15 is 0 Å². The average molecular weight is 501 g/mol. The number of halogens is 3. The molecule has 0 aromatic heterocycles. The van der Waals surface area contributed by atoms with Crippen LogP contribution in [0.15, 0.2) is 62.5 Å². The van der Waals surface area contributed by atoms with Crippen LogP contribution in [0.25, 0.3) is 0 Å². The maximum Gasteiger partial charge on any atom is 0.202 e. The summed E-state index contributed by atoms with van der Waals surface area (Å²) in [5, 5.41) is 18.7. The third-order valence-electron chi connectivity index (χ3n) is 3.66. The number of ether oxygens (including phenoxy) is 2. The third-order valence-corrected chi connectivity index (χ3v) is 6.33. The van der Waals surface area contributed by atoms with Crippen LogP contribution < -0.4 is 10.5 Å². The minimum atomic E-state index is -3.86. The Morgan fingerprint density at radius 3 is 2.30 bits per heavy atom. The lowest BCUT2D eigenvalue weighted by Crippen LogP contribution is -2.26. The van der Waals surface area contributed by atoms with E-state index in [0.29, 0.717) is 5.75 Å². The molecule has 1 aromatic rings. The molecule has 7 nitrogen and oxygen atoms in total. The number of rotatable bonds is 12. The van der Waals surface area contributed by atoms with E-state index < -0.39 is 22.0 Å². The molecule has 1 aromatic carbocycles. The Morgan fingerprint density at radius 2 is 1.80 bits per heavy atom. The Labute approximate surface area is 191 Å². The van der Waals surface area contributed by atoms with Gasteiger partial charge in [-0.1, -0.05) is 29.8 Å². The van der Waals surface area contributed by atoms with Crippen LogP contribution in [0.2, 0.25) is 0 Å². The van der Waals surface area contributed by atoms with E-state index in [9.17, 15) is 18.6 Å². The quantitative estimate of drug-likeness (QED) is 0.229. The highest BCUT2D eigenvalue weighted by atomic mass is 35.5. The topological polar surface area (TPSA) is 119 Å².